The van der Waals surface area contributed by atoms with Crippen LogP contribution in [0.25, 0.3) is 0 Å². The van der Waals surface area contributed by atoms with Crippen LogP contribution >= 0.6 is 22.9 Å². The van der Waals surface area contributed by atoms with Gasteiger partial charge in [-0.15, -0.1) is 11.3 Å². The van der Waals surface area contributed by atoms with Gasteiger partial charge in [-0.3, -0.25) is 4.79 Å². The number of ether oxygens (including phenoxy) is 2. The minimum absolute atomic E-state index is 0.0871. The molecule has 0 spiro atoms. The number of nitrogens with zero attached hydrogens (tertiary/aromatic N) is 1. The largest absolute Gasteiger partial charge is 0.490 e. The molecule has 7 heteroatoms. The van der Waals surface area contributed by atoms with Gasteiger partial charge in [-0.05, 0) is 24.3 Å². The fourth-order valence-electron chi connectivity index (χ4n) is 3.43. The van der Waals surface area contributed by atoms with Gasteiger partial charge in [-0.2, -0.15) is 0 Å². The Balaban J connectivity index is 1.44. The Morgan fingerprint density at radius 1 is 1.27 bits per heavy atom. The van der Waals surface area contributed by atoms with E-state index in [9.17, 15) is 4.79 Å². The van der Waals surface area contributed by atoms with Crippen LogP contribution in [0.3, 0.4) is 0 Å². The molecule has 2 aromatic rings. The monoisotopic (exact) mass is 392 g/mol. The lowest BCUT2D eigenvalue weighted by molar-refractivity contribution is -0.130. The van der Waals surface area contributed by atoms with Crippen molar-refractivity contribution in [2.75, 3.05) is 31.6 Å². The number of carbonyl (C=O) groups is 1. The lowest BCUT2D eigenvalue weighted by Crippen LogP contribution is -2.34. The summed E-state index contributed by atoms with van der Waals surface area (Å²) in [7, 11) is 0. The quantitative estimate of drug-likeness (QED) is 0.840. The van der Waals surface area contributed by atoms with E-state index in [1.165, 1.54) is 4.88 Å². The third kappa shape index (κ3) is 3.62. The van der Waals surface area contributed by atoms with Crippen molar-refractivity contribution >= 4 is 34.5 Å². The normalized spacial score (nSPS) is 19.3. The fraction of sp³-hybridized carbons (Fsp3) is 0.421. The Kier molecular flexibility index (Phi) is 5.22. The Morgan fingerprint density at radius 2 is 2.08 bits per heavy atom. The predicted octanol–water partition coefficient (Wildman–Crippen LogP) is 4.34. The molecule has 1 aromatic heterocycles. The highest BCUT2D eigenvalue weighted by Gasteiger charge is 2.30. The smallest absolute Gasteiger partial charge is 0.242 e. The SMILES string of the molecule is O=C(CNc1cc2c(cc1Cl)OCCCO2)N1CCCC1c1cccs1. The zero-order valence-corrected chi connectivity index (χ0v) is 15.9. The van der Waals surface area contributed by atoms with Crippen LogP contribution in [0.4, 0.5) is 5.69 Å². The van der Waals surface area contributed by atoms with Gasteiger partial charge in [0.25, 0.3) is 0 Å². The van der Waals surface area contributed by atoms with Gasteiger partial charge >= 0.3 is 0 Å². The molecule has 1 saturated heterocycles. The van der Waals surface area contributed by atoms with E-state index < -0.39 is 0 Å². The molecule has 1 N–H and O–H groups in total. The number of benzene rings is 1. The summed E-state index contributed by atoms with van der Waals surface area (Å²) in [5.41, 5.74) is 0.691. The van der Waals surface area contributed by atoms with E-state index in [2.05, 4.69) is 16.8 Å². The summed E-state index contributed by atoms with van der Waals surface area (Å²) in [5, 5.41) is 5.76. The summed E-state index contributed by atoms with van der Waals surface area (Å²) in [6.07, 6.45) is 2.91. The molecule has 4 rings (SSSR count). The Morgan fingerprint density at radius 3 is 2.85 bits per heavy atom. The fourth-order valence-corrected chi connectivity index (χ4v) is 4.53. The van der Waals surface area contributed by atoms with Crippen LogP contribution in [0.1, 0.15) is 30.2 Å². The molecule has 0 saturated carbocycles. The topological polar surface area (TPSA) is 50.8 Å². The van der Waals surface area contributed by atoms with Gasteiger partial charge in [-0.1, -0.05) is 17.7 Å². The first-order valence-electron chi connectivity index (χ1n) is 8.88. The van der Waals surface area contributed by atoms with Gasteiger partial charge in [0.15, 0.2) is 11.5 Å². The van der Waals surface area contributed by atoms with E-state index in [-0.39, 0.29) is 18.5 Å². The Hall–Kier alpha value is -1.92. The van der Waals surface area contributed by atoms with Gasteiger partial charge in [0, 0.05) is 30.0 Å². The van der Waals surface area contributed by atoms with Gasteiger partial charge < -0.3 is 19.7 Å². The molecule has 1 aromatic carbocycles. The minimum Gasteiger partial charge on any atom is -0.490 e. The zero-order chi connectivity index (χ0) is 17.9. The number of hydrogen-bond donors (Lipinski definition) is 1. The number of likely N-dealkylation sites (tertiary alicyclic amines) is 1. The second-order valence-corrected chi connectivity index (χ2v) is 7.83. The average molecular weight is 393 g/mol. The van der Waals surface area contributed by atoms with Crippen LogP contribution < -0.4 is 14.8 Å². The number of thiophene rings is 1. The minimum atomic E-state index is 0.0871. The van der Waals surface area contributed by atoms with Crippen LogP contribution in [0, 0.1) is 0 Å². The van der Waals surface area contributed by atoms with Crippen molar-refractivity contribution in [2.24, 2.45) is 0 Å². The van der Waals surface area contributed by atoms with Gasteiger partial charge in [0.2, 0.25) is 5.91 Å². The summed E-state index contributed by atoms with van der Waals surface area (Å²) in [5.74, 6) is 1.41. The lowest BCUT2D eigenvalue weighted by atomic mass is 10.2. The van der Waals surface area contributed by atoms with E-state index >= 15 is 0 Å². The number of amides is 1. The highest BCUT2D eigenvalue weighted by molar-refractivity contribution is 7.10. The highest BCUT2D eigenvalue weighted by Crippen LogP contribution is 2.38. The number of halogens is 1. The third-order valence-electron chi connectivity index (χ3n) is 4.71. The van der Waals surface area contributed by atoms with Gasteiger partial charge in [0.1, 0.15) is 0 Å². The highest BCUT2D eigenvalue weighted by atomic mass is 35.5. The van der Waals surface area contributed by atoms with E-state index in [1.54, 1.807) is 17.4 Å². The molecule has 3 heterocycles. The number of carbonyl (C=O) groups excluding carboxylic acids is 1. The van der Waals surface area contributed by atoms with Gasteiger partial charge in [0.05, 0.1) is 36.5 Å². The molecule has 0 aliphatic carbocycles. The molecule has 5 nitrogen and oxygen atoms in total. The second-order valence-electron chi connectivity index (χ2n) is 6.44. The molecular formula is C19H21ClN2O3S. The maximum Gasteiger partial charge on any atom is 0.242 e. The van der Waals surface area contributed by atoms with Crippen molar-refractivity contribution in [1.29, 1.82) is 0 Å². The Labute approximate surface area is 161 Å². The maximum absolute atomic E-state index is 12.7. The van der Waals surface area contributed by atoms with Crippen molar-refractivity contribution in [3.63, 3.8) is 0 Å². The van der Waals surface area contributed by atoms with Crippen LogP contribution in [0.15, 0.2) is 29.6 Å². The van der Waals surface area contributed by atoms with Crippen molar-refractivity contribution in [3.8, 4) is 11.5 Å². The van der Waals surface area contributed by atoms with Crippen molar-refractivity contribution in [2.45, 2.75) is 25.3 Å². The van der Waals surface area contributed by atoms with Crippen LogP contribution in [0.5, 0.6) is 11.5 Å². The zero-order valence-electron chi connectivity index (χ0n) is 14.4. The van der Waals surface area contributed by atoms with Crippen molar-refractivity contribution in [3.05, 3.63) is 39.5 Å². The number of nitrogens with one attached hydrogen (secondary N) is 1. The summed E-state index contributed by atoms with van der Waals surface area (Å²) in [6, 6.07) is 7.91. The van der Waals surface area contributed by atoms with Gasteiger partial charge in [-0.25, -0.2) is 0 Å². The molecule has 2 aliphatic rings. The first kappa shape index (κ1) is 17.5. The number of hydrogen-bond acceptors (Lipinski definition) is 5. The van der Waals surface area contributed by atoms with Crippen LogP contribution in [-0.2, 0) is 4.79 Å². The summed E-state index contributed by atoms with van der Waals surface area (Å²) in [6.45, 7) is 2.25. The van der Waals surface area contributed by atoms with E-state index in [0.29, 0.717) is 35.4 Å². The third-order valence-corrected chi connectivity index (χ3v) is 6.00. The molecule has 1 fully saturated rings. The van der Waals surface area contributed by atoms with Crippen molar-refractivity contribution < 1.29 is 14.3 Å². The van der Waals surface area contributed by atoms with Crippen molar-refractivity contribution in [1.82, 2.24) is 4.90 Å². The summed E-state index contributed by atoms with van der Waals surface area (Å²) in [4.78, 5) is 16.0. The Bertz CT molecular complexity index is 781. The second kappa shape index (κ2) is 7.76. The van der Waals surface area contributed by atoms with E-state index in [1.807, 2.05) is 17.0 Å². The number of anilines is 1. The molecule has 26 heavy (non-hydrogen) atoms. The summed E-state index contributed by atoms with van der Waals surface area (Å²) < 4.78 is 11.3. The molecule has 1 unspecified atom stereocenters. The van der Waals surface area contributed by atoms with E-state index in [0.717, 1.165) is 25.8 Å². The van der Waals surface area contributed by atoms with Crippen LogP contribution in [-0.4, -0.2) is 37.1 Å². The maximum atomic E-state index is 12.7. The molecule has 2 aliphatic heterocycles. The first-order chi connectivity index (χ1) is 12.7. The molecule has 1 atom stereocenters. The molecular weight excluding hydrogens is 372 g/mol. The molecule has 0 radical (unpaired) electrons. The standard InChI is InChI=1S/C19H21ClN2O3S/c20-13-10-16-17(25-8-3-7-24-16)11-14(13)21-12-19(23)22-6-1-4-15(22)18-5-2-9-26-18/h2,5,9-11,15,21H,1,3-4,6-8,12H2. The average Bonchev–Trinajstić information content (AvgIpc) is 3.28. The van der Waals surface area contributed by atoms with E-state index in [4.69, 9.17) is 21.1 Å². The molecule has 138 valence electrons. The lowest BCUT2D eigenvalue weighted by Gasteiger charge is -2.24. The predicted molar refractivity (Wildman–Crippen MR) is 104 cm³/mol. The van der Waals surface area contributed by atoms with Crippen LogP contribution in [0.2, 0.25) is 5.02 Å². The number of fused-ring (bicyclic) bond motifs is 1. The first-order valence-corrected chi connectivity index (χ1v) is 10.1. The number of rotatable bonds is 4. The molecule has 0 bridgehead atoms. The molecule has 1 amide bonds. The summed E-state index contributed by atoms with van der Waals surface area (Å²) >= 11 is 8.06.